The molecule has 0 bridgehead atoms. The number of benzene rings is 2. The van der Waals surface area contributed by atoms with Crippen LogP contribution in [0, 0.1) is 6.92 Å². The van der Waals surface area contributed by atoms with E-state index in [4.69, 9.17) is 9.15 Å². The quantitative estimate of drug-likeness (QED) is 0.637. The number of ether oxygens (including phenoxy) is 1. The molecule has 0 saturated carbocycles. The maximum Gasteiger partial charge on any atom is 0.336 e. The Balaban J connectivity index is 1.73. The fraction of sp³-hybridized carbons (Fsp3) is 0.348. The first kappa shape index (κ1) is 17.8. The number of nitrogens with zero attached hydrogens (tertiary/aromatic N) is 1. The predicted molar refractivity (Wildman–Crippen MR) is 107 cm³/mol. The van der Waals surface area contributed by atoms with Crippen LogP contribution >= 0.6 is 0 Å². The van der Waals surface area contributed by atoms with Gasteiger partial charge in [-0.1, -0.05) is 32.0 Å². The summed E-state index contributed by atoms with van der Waals surface area (Å²) in [7, 11) is 0. The monoisotopic (exact) mass is 363 g/mol. The molecule has 1 aliphatic heterocycles. The highest BCUT2D eigenvalue weighted by atomic mass is 16.5. The molecule has 0 atom stereocenters. The second kappa shape index (κ2) is 7.20. The topological polar surface area (TPSA) is 42.7 Å². The van der Waals surface area contributed by atoms with Gasteiger partial charge in [-0.3, -0.25) is 4.90 Å². The summed E-state index contributed by atoms with van der Waals surface area (Å²) in [6.07, 6.45) is 0. The summed E-state index contributed by atoms with van der Waals surface area (Å²) >= 11 is 0. The fourth-order valence-electron chi connectivity index (χ4n) is 3.90. The van der Waals surface area contributed by atoms with Crippen molar-refractivity contribution in [2.24, 2.45) is 0 Å². The van der Waals surface area contributed by atoms with Gasteiger partial charge < -0.3 is 9.15 Å². The molecule has 140 valence electrons. The van der Waals surface area contributed by atoms with Gasteiger partial charge in [-0.05, 0) is 47.7 Å². The maximum absolute atomic E-state index is 12.1. The normalized spacial score (nSPS) is 14.8. The van der Waals surface area contributed by atoms with Crippen molar-refractivity contribution < 1.29 is 9.15 Å². The zero-order chi connectivity index (χ0) is 19.0. The molecule has 0 N–H and O–H groups in total. The molecule has 4 heteroatoms. The number of rotatable bonds is 3. The van der Waals surface area contributed by atoms with E-state index in [9.17, 15) is 4.79 Å². The van der Waals surface area contributed by atoms with Crippen LogP contribution in [0.2, 0.25) is 0 Å². The Morgan fingerprint density at radius 1 is 1.15 bits per heavy atom. The lowest BCUT2D eigenvalue weighted by Gasteiger charge is -2.20. The number of aryl methyl sites for hydroxylation is 1. The molecule has 0 unspecified atom stereocenters. The van der Waals surface area contributed by atoms with Crippen molar-refractivity contribution in [3.05, 3.63) is 75.1 Å². The van der Waals surface area contributed by atoms with E-state index in [1.165, 1.54) is 11.1 Å². The van der Waals surface area contributed by atoms with Crippen molar-refractivity contribution in [1.29, 1.82) is 0 Å². The van der Waals surface area contributed by atoms with Gasteiger partial charge in [0.1, 0.15) is 17.9 Å². The summed E-state index contributed by atoms with van der Waals surface area (Å²) in [5.74, 6) is 1.38. The van der Waals surface area contributed by atoms with E-state index in [1.54, 1.807) is 6.07 Å². The summed E-state index contributed by atoms with van der Waals surface area (Å²) < 4.78 is 11.4. The van der Waals surface area contributed by atoms with Crippen LogP contribution in [0.3, 0.4) is 0 Å². The van der Waals surface area contributed by atoms with Crippen molar-refractivity contribution in [3.8, 4) is 5.75 Å². The third-order valence-corrected chi connectivity index (χ3v) is 5.26. The fourth-order valence-corrected chi connectivity index (χ4v) is 3.90. The molecule has 4 rings (SSSR count). The first-order valence-electron chi connectivity index (χ1n) is 9.51. The van der Waals surface area contributed by atoms with Gasteiger partial charge in [-0.15, -0.1) is 0 Å². The van der Waals surface area contributed by atoms with Gasteiger partial charge in [0.05, 0.1) is 0 Å². The molecule has 2 aromatic carbocycles. The number of fused-ring (bicyclic) bond motifs is 2. The summed E-state index contributed by atoms with van der Waals surface area (Å²) in [5, 5.41) is 1.03. The van der Waals surface area contributed by atoms with Crippen molar-refractivity contribution in [1.82, 2.24) is 4.90 Å². The Kier molecular flexibility index (Phi) is 4.75. The molecular weight excluding hydrogens is 338 g/mol. The Bertz CT molecular complexity index is 1040. The van der Waals surface area contributed by atoms with Gasteiger partial charge in [0.2, 0.25) is 0 Å². The van der Waals surface area contributed by atoms with Crippen LogP contribution in [0.15, 0.2) is 51.7 Å². The molecule has 3 aromatic rings. The van der Waals surface area contributed by atoms with Crippen LogP contribution in [-0.4, -0.2) is 18.1 Å². The first-order chi connectivity index (χ1) is 13.0. The molecule has 27 heavy (non-hydrogen) atoms. The lowest BCUT2D eigenvalue weighted by atomic mass is 9.95. The average Bonchev–Trinajstić information content (AvgIpc) is 2.82. The maximum atomic E-state index is 12.1. The highest BCUT2D eigenvalue weighted by Crippen LogP contribution is 2.29. The number of para-hydroxylation sites is 1. The average molecular weight is 363 g/mol. The van der Waals surface area contributed by atoms with Gasteiger partial charge in [0, 0.05) is 36.7 Å². The Morgan fingerprint density at radius 2 is 1.96 bits per heavy atom. The lowest BCUT2D eigenvalue weighted by molar-refractivity contribution is 0.220. The summed E-state index contributed by atoms with van der Waals surface area (Å²) in [4.78, 5) is 14.5. The van der Waals surface area contributed by atoms with E-state index >= 15 is 0 Å². The Morgan fingerprint density at radius 3 is 2.78 bits per heavy atom. The molecule has 0 aliphatic carbocycles. The molecule has 0 amide bonds. The van der Waals surface area contributed by atoms with Crippen molar-refractivity contribution in [2.45, 2.75) is 39.8 Å². The van der Waals surface area contributed by atoms with Gasteiger partial charge in [-0.2, -0.15) is 0 Å². The minimum atomic E-state index is -0.291. The van der Waals surface area contributed by atoms with Crippen LogP contribution in [-0.2, 0) is 13.1 Å². The Hall–Kier alpha value is -2.59. The van der Waals surface area contributed by atoms with E-state index in [0.29, 0.717) is 24.7 Å². The molecule has 1 aromatic heterocycles. The number of hydrogen-bond donors (Lipinski definition) is 0. The third-order valence-electron chi connectivity index (χ3n) is 5.26. The van der Waals surface area contributed by atoms with Crippen molar-refractivity contribution in [3.63, 3.8) is 0 Å². The highest BCUT2D eigenvalue weighted by Gasteiger charge is 2.18. The van der Waals surface area contributed by atoms with Crippen LogP contribution in [0.1, 0.15) is 42.0 Å². The van der Waals surface area contributed by atoms with Crippen LogP contribution in [0.5, 0.6) is 5.75 Å². The zero-order valence-corrected chi connectivity index (χ0v) is 16.1. The molecular formula is C23H25NO3. The van der Waals surface area contributed by atoms with Crippen LogP contribution in [0.25, 0.3) is 11.0 Å². The summed E-state index contributed by atoms with van der Waals surface area (Å²) in [6.45, 7) is 9.42. The number of hydrogen-bond acceptors (Lipinski definition) is 4. The van der Waals surface area contributed by atoms with Gasteiger partial charge in [0.25, 0.3) is 0 Å². The van der Waals surface area contributed by atoms with E-state index in [1.807, 2.05) is 24.3 Å². The summed E-state index contributed by atoms with van der Waals surface area (Å²) in [6, 6.07) is 14.0. The molecule has 0 saturated heterocycles. The lowest BCUT2D eigenvalue weighted by Crippen LogP contribution is -2.25. The van der Waals surface area contributed by atoms with E-state index in [2.05, 4.69) is 37.8 Å². The first-order valence-corrected chi connectivity index (χ1v) is 9.51. The second-order valence-corrected chi connectivity index (χ2v) is 7.62. The van der Waals surface area contributed by atoms with E-state index in [-0.39, 0.29) is 5.63 Å². The standard InChI is InChI=1S/C23H25NO3/c1-15(2)19-12-20-18(11-23(25)27-22(20)10-16(19)3)14-24-8-9-26-21-7-5-4-6-17(21)13-24/h4-7,10-12,15H,8-9,13-14H2,1-3H3. The Labute approximate surface area is 159 Å². The molecule has 2 heterocycles. The third kappa shape index (κ3) is 3.62. The minimum absolute atomic E-state index is 0.291. The SMILES string of the molecule is Cc1cc2oc(=O)cc(CN3CCOc4ccccc4C3)c2cc1C(C)C. The van der Waals surface area contributed by atoms with Gasteiger partial charge in [0.15, 0.2) is 0 Å². The van der Waals surface area contributed by atoms with Crippen LogP contribution < -0.4 is 10.4 Å². The molecule has 0 spiro atoms. The largest absolute Gasteiger partial charge is 0.492 e. The van der Waals surface area contributed by atoms with E-state index in [0.717, 1.165) is 35.4 Å². The molecule has 4 nitrogen and oxygen atoms in total. The van der Waals surface area contributed by atoms with Crippen molar-refractivity contribution in [2.75, 3.05) is 13.2 Å². The highest BCUT2D eigenvalue weighted by molar-refractivity contribution is 5.82. The molecule has 1 aliphatic rings. The minimum Gasteiger partial charge on any atom is -0.492 e. The zero-order valence-electron chi connectivity index (χ0n) is 16.1. The second-order valence-electron chi connectivity index (χ2n) is 7.62. The summed E-state index contributed by atoms with van der Waals surface area (Å²) in [5.41, 5.74) is 5.03. The van der Waals surface area contributed by atoms with E-state index < -0.39 is 0 Å². The van der Waals surface area contributed by atoms with Crippen LogP contribution in [0.4, 0.5) is 0 Å². The molecule has 0 fully saturated rings. The van der Waals surface area contributed by atoms with Gasteiger partial charge in [-0.25, -0.2) is 4.79 Å². The predicted octanol–water partition coefficient (Wildman–Crippen LogP) is 4.62. The van der Waals surface area contributed by atoms with Crippen molar-refractivity contribution >= 4 is 11.0 Å². The molecule has 0 radical (unpaired) electrons. The smallest absolute Gasteiger partial charge is 0.336 e. The van der Waals surface area contributed by atoms with Gasteiger partial charge >= 0.3 is 5.63 Å².